The Morgan fingerprint density at radius 3 is 2.71 bits per heavy atom. The first-order chi connectivity index (χ1) is 8.29. The van der Waals surface area contributed by atoms with Gasteiger partial charge in [0.1, 0.15) is 0 Å². The van der Waals surface area contributed by atoms with Crippen molar-refractivity contribution in [1.29, 1.82) is 0 Å². The Bertz CT molecular complexity index is 333. The molecule has 2 atom stereocenters. The van der Waals surface area contributed by atoms with E-state index in [4.69, 9.17) is 4.74 Å². The molecule has 0 saturated carbocycles. The van der Waals surface area contributed by atoms with Crippen LogP contribution in [0.3, 0.4) is 0 Å². The zero-order valence-corrected chi connectivity index (χ0v) is 11.9. The zero-order valence-electron chi connectivity index (χ0n) is 10.3. The molecule has 1 aliphatic heterocycles. The maximum Gasteiger partial charge on any atom is 0.0731 e. The Hall–Kier alpha value is -0.380. The fraction of sp³-hybridized carbons (Fsp3) is 0.571. The second-order valence-corrected chi connectivity index (χ2v) is 5.55. The molecule has 1 fully saturated rings. The highest BCUT2D eigenvalue weighted by atomic mass is 79.9. The van der Waals surface area contributed by atoms with Crippen LogP contribution in [0.2, 0.25) is 0 Å². The van der Waals surface area contributed by atoms with Crippen molar-refractivity contribution in [3.63, 3.8) is 0 Å². The van der Waals surface area contributed by atoms with Crippen LogP contribution in [-0.2, 0) is 11.2 Å². The molecule has 2 nitrogen and oxygen atoms in total. The summed E-state index contributed by atoms with van der Waals surface area (Å²) < 4.78 is 6.99. The third-order valence-electron chi connectivity index (χ3n) is 3.40. The van der Waals surface area contributed by atoms with Crippen LogP contribution in [0.25, 0.3) is 0 Å². The Morgan fingerprint density at radius 2 is 2.12 bits per heavy atom. The molecule has 0 bridgehead atoms. The molecule has 1 heterocycles. The van der Waals surface area contributed by atoms with Crippen LogP contribution in [0.15, 0.2) is 28.7 Å². The van der Waals surface area contributed by atoms with E-state index in [1.165, 1.54) is 24.8 Å². The van der Waals surface area contributed by atoms with Crippen molar-refractivity contribution in [2.75, 3.05) is 13.7 Å². The predicted molar refractivity (Wildman–Crippen MR) is 74.3 cm³/mol. The Morgan fingerprint density at radius 1 is 1.35 bits per heavy atom. The Balaban J connectivity index is 1.96. The quantitative estimate of drug-likeness (QED) is 0.922. The van der Waals surface area contributed by atoms with E-state index in [1.54, 1.807) is 0 Å². The minimum atomic E-state index is 0.373. The van der Waals surface area contributed by atoms with Crippen molar-refractivity contribution in [2.24, 2.45) is 0 Å². The number of hydrogen-bond donors (Lipinski definition) is 1. The summed E-state index contributed by atoms with van der Waals surface area (Å²) in [6.07, 6.45) is 5.10. The number of hydrogen-bond acceptors (Lipinski definition) is 2. The highest BCUT2D eigenvalue weighted by molar-refractivity contribution is 9.10. The lowest BCUT2D eigenvalue weighted by Crippen LogP contribution is -2.42. The third kappa shape index (κ3) is 3.80. The minimum Gasteiger partial charge on any atom is -0.377 e. The van der Waals surface area contributed by atoms with Crippen molar-refractivity contribution < 1.29 is 4.74 Å². The van der Waals surface area contributed by atoms with Crippen molar-refractivity contribution in [3.8, 4) is 0 Å². The molecule has 17 heavy (non-hydrogen) atoms. The summed E-state index contributed by atoms with van der Waals surface area (Å²) in [5.74, 6) is 0. The molecule has 1 aromatic carbocycles. The lowest BCUT2D eigenvalue weighted by atomic mass is 9.96. The van der Waals surface area contributed by atoms with E-state index < -0.39 is 0 Å². The number of ether oxygens (including phenoxy) is 1. The van der Waals surface area contributed by atoms with Crippen LogP contribution >= 0.6 is 15.9 Å². The topological polar surface area (TPSA) is 21.3 Å². The fourth-order valence-electron chi connectivity index (χ4n) is 2.38. The molecule has 0 aromatic heterocycles. The lowest BCUT2D eigenvalue weighted by molar-refractivity contribution is -0.00587. The van der Waals surface area contributed by atoms with Crippen molar-refractivity contribution in [3.05, 3.63) is 34.3 Å². The van der Waals surface area contributed by atoms with Gasteiger partial charge >= 0.3 is 0 Å². The highest BCUT2D eigenvalue weighted by Gasteiger charge is 2.23. The third-order valence-corrected chi connectivity index (χ3v) is 3.93. The smallest absolute Gasteiger partial charge is 0.0731 e. The molecule has 2 rings (SSSR count). The maximum absolute atomic E-state index is 5.86. The summed E-state index contributed by atoms with van der Waals surface area (Å²) in [7, 11) is 2.03. The summed E-state index contributed by atoms with van der Waals surface area (Å²) in [4.78, 5) is 0. The first kappa shape index (κ1) is 13.1. The van der Waals surface area contributed by atoms with E-state index >= 15 is 0 Å². The largest absolute Gasteiger partial charge is 0.377 e. The molecule has 94 valence electrons. The van der Waals surface area contributed by atoms with Gasteiger partial charge in [-0.2, -0.15) is 0 Å². The van der Waals surface area contributed by atoms with Gasteiger partial charge in [0.05, 0.1) is 6.10 Å². The van der Waals surface area contributed by atoms with Gasteiger partial charge < -0.3 is 10.1 Å². The molecular formula is C14H20BrNO. The predicted octanol–water partition coefficient (Wildman–Crippen LogP) is 3.15. The first-order valence-electron chi connectivity index (χ1n) is 6.33. The second-order valence-electron chi connectivity index (χ2n) is 4.63. The second kappa shape index (κ2) is 6.53. The molecule has 0 aliphatic carbocycles. The van der Waals surface area contributed by atoms with E-state index in [9.17, 15) is 0 Å². The zero-order chi connectivity index (χ0) is 12.1. The van der Waals surface area contributed by atoms with Crippen LogP contribution in [0.1, 0.15) is 24.8 Å². The first-order valence-corrected chi connectivity index (χ1v) is 7.12. The van der Waals surface area contributed by atoms with Crippen LogP contribution in [0.5, 0.6) is 0 Å². The molecule has 2 unspecified atom stereocenters. The van der Waals surface area contributed by atoms with Crippen LogP contribution < -0.4 is 5.32 Å². The summed E-state index contributed by atoms with van der Waals surface area (Å²) in [6, 6.07) is 8.98. The van der Waals surface area contributed by atoms with E-state index in [-0.39, 0.29) is 0 Å². The molecule has 1 N–H and O–H groups in total. The van der Waals surface area contributed by atoms with Crippen LogP contribution in [-0.4, -0.2) is 25.8 Å². The molecule has 0 radical (unpaired) electrons. The summed E-state index contributed by atoms with van der Waals surface area (Å²) >= 11 is 3.47. The van der Waals surface area contributed by atoms with Crippen molar-refractivity contribution >= 4 is 15.9 Å². The van der Waals surface area contributed by atoms with E-state index in [1.807, 2.05) is 7.05 Å². The van der Waals surface area contributed by atoms with Gasteiger partial charge in [0.15, 0.2) is 0 Å². The van der Waals surface area contributed by atoms with Gasteiger partial charge in [-0.1, -0.05) is 28.1 Å². The highest BCUT2D eigenvalue weighted by Crippen LogP contribution is 2.19. The molecule has 0 amide bonds. The Kier molecular flexibility index (Phi) is 5.01. The van der Waals surface area contributed by atoms with Gasteiger partial charge in [0, 0.05) is 17.1 Å². The van der Waals surface area contributed by atoms with Gasteiger partial charge in [-0.3, -0.25) is 0 Å². The van der Waals surface area contributed by atoms with E-state index in [2.05, 4.69) is 45.5 Å². The number of rotatable bonds is 4. The van der Waals surface area contributed by atoms with Gasteiger partial charge in [-0.25, -0.2) is 0 Å². The van der Waals surface area contributed by atoms with E-state index in [0.29, 0.717) is 12.1 Å². The van der Waals surface area contributed by atoms with Crippen LogP contribution in [0.4, 0.5) is 0 Å². The number of benzene rings is 1. The molecule has 1 saturated heterocycles. The average Bonchev–Trinajstić information content (AvgIpc) is 2.39. The SMILES string of the molecule is CNC(Cc1ccc(Br)cc1)C1CCCCO1. The summed E-state index contributed by atoms with van der Waals surface area (Å²) in [6.45, 7) is 0.920. The average molecular weight is 298 g/mol. The Labute approximate surface area is 112 Å². The molecule has 0 spiro atoms. The van der Waals surface area contributed by atoms with Gasteiger partial charge in [0.2, 0.25) is 0 Å². The van der Waals surface area contributed by atoms with Crippen molar-refractivity contribution in [1.82, 2.24) is 5.32 Å². The van der Waals surface area contributed by atoms with Crippen molar-refractivity contribution in [2.45, 2.75) is 37.8 Å². The molecule has 1 aliphatic rings. The van der Waals surface area contributed by atoms with Gasteiger partial charge in [-0.15, -0.1) is 0 Å². The molecule has 1 aromatic rings. The molecular weight excluding hydrogens is 278 g/mol. The number of halogens is 1. The van der Waals surface area contributed by atoms with E-state index in [0.717, 1.165) is 17.5 Å². The number of nitrogens with one attached hydrogen (secondary N) is 1. The standard InChI is InChI=1S/C14H20BrNO/c1-16-13(14-4-2-3-9-17-14)10-11-5-7-12(15)8-6-11/h5-8,13-14,16H,2-4,9-10H2,1H3. The van der Waals surface area contributed by atoms with Gasteiger partial charge in [-0.05, 0) is 50.4 Å². The summed E-state index contributed by atoms with van der Waals surface area (Å²) in [5, 5.41) is 3.40. The van der Waals surface area contributed by atoms with Crippen LogP contribution in [0, 0.1) is 0 Å². The molecule has 3 heteroatoms. The minimum absolute atomic E-state index is 0.373. The monoisotopic (exact) mass is 297 g/mol. The van der Waals surface area contributed by atoms with Gasteiger partial charge in [0.25, 0.3) is 0 Å². The maximum atomic E-state index is 5.86. The fourth-order valence-corrected chi connectivity index (χ4v) is 2.64. The lowest BCUT2D eigenvalue weighted by Gasteiger charge is -2.30. The number of likely N-dealkylation sites (N-methyl/N-ethyl adjacent to an activating group) is 1. The normalized spacial score (nSPS) is 22.4. The summed E-state index contributed by atoms with van der Waals surface area (Å²) in [5.41, 5.74) is 1.36.